The van der Waals surface area contributed by atoms with Gasteiger partial charge in [-0.1, -0.05) is 61.7 Å². The van der Waals surface area contributed by atoms with E-state index >= 15 is 0 Å². The third-order valence-electron chi connectivity index (χ3n) is 5.03. The molecule has 0 atom stereocenters. The zero-order valence-electron chi connectivity index (χ0n) is 13.9. The highest BCUT2D eigenvalue weighted by molar-refractivity contribution is 5.90. The highest BCUT2D eigenvalue weighted by atomic mass is 16.5. The number of pyridine rings is 1. The van der Waals surface area contributed by atoms with Crippen molar-refractivity contribution in [1.29, 1.82) is 0 Å². The summed E-state index contributed by atoms with van der Waals surface area (Å²) in [6, 6.07) is 18.8. The summed E-state index contributed by atoms with van der Waals surface area (Å²) in [5, 5.41) is 2.44. The molecule has 122 valence electrons. The molecule has 2 nitrogen and oxygen atoms in total. The van der Waals surface area contributed by atoms with E-state index in [4.69, 9.17) is 9.72 Å². The van der Waals surface area contributed by atoms with E-state index in [1.165, 1.54) is 54.1 Å². The quantitative estimate of drug-likeness (QED) is 0.601. The van der Waals surface area contributed by atoms with Crippen LogP contribution in [0.5, 0.6) is 5.75 Å². The Labute approximate surface area is 143 Å². The van der Waals surface area contributed by atoms with Crippen LogP contribution in [-0.2, 0) is 6.61 Å². The molecule has 1 aliphatic carbocycles. The van der Waals surface area contributed by atoms with E-state index in [1.54, 1.807) is 0 Å². The number of nitrogens with zero attached hydrogens (tertiary/aromatic N) is 1. The van der Waals surface area contributed by atoms with Crippen molar-refractivity contribution >= 4 is 10.8 Å². The first-order valence-corrected chi connectivity index (χ1v) is 8.96. The average molecular weight is 317 g/mol. The van der Waals surface area contributed by atoms with Crippen LogP contribution in [0.1, 0.15) is 49.3 Å². The maximum absolute atomic E-state index is 6.12. The number of hydrogen-bond donors (Lipinski definition) is 0. The van der Waals surface area contributed by atoms with E-state index in [1.807, 2.05) is 24.4 Å². The number of rotatable bonds is 4. The monoisotopic (exact) mass is 317 g/mol. The first-order chi connectivity index (χ1) is 11.9. The number of aromatic nitrogens is 1. The van der Waals surface area contributed by atoms with Crippen molar-refractivity contribution in [3.8, 4) is 5.75 Å². The van der Waals surface area contributed by atoms with E-state index in [0.29, 0.717) is 12.5 Å². The molecule has 3 aromatic rings. The van der Waals surface area contributed by atoms with Gasteiger partial charge in [0.15, 0.2) is 0 Å². The summed E-state index contributed by atoms with van der Waals surface area (Å²) in [6.07, 6.45) is 8.50. The minimum absolute atomic E-state index is 0.598. The summed E-state index contributed by atoms with van der Waals surface area (Å²) in [6.45, 7) is 0.598. The number of fused-ring (bicyclic) bond motifs is 1. The third-order valence-corrected chi connectivity index (χ3v) is 5.03. The Bertz CT molecular complexity index is 807. The Balaban J connectivity index is 1.64. The maximum atomic E-state index is 6.12. The highest BCUT2D eigenvalue weighted by Crippen LogP contribution is 2.37. The molecule has 1 fully saturated rings. The summed E-state index contributed by atoms with van der Waals surface area (Å²) in [7, 11) is 0. The van der Waals surface area contributed by atoms with Gasteiger partial charge in [-0.05, 0) is 30.5 Å². The van der Waals surface area contributed by atoms with Crippen LogP contribution in [0.25, 0.3) is 10.8 Å². The molecule has 24 heavy (non-hydrogen) atoms. The van der Waals surface area contributed by atoms with Gasteiger partial charge in [-0.15, -0.1) is 0 Å². The van der Waals surface area contributed by atoms with Crippen molar-refractivity contribution in [1.82, 2.24) is 4.98 Å². The predicted octanol–water partition coefficient (Wildman–Crippen LogP) is 5.86. The largest absolute Gasteiger partial charge is 0.488 e. The first-order valence-electron chi connectivity index (χ1n) is 8.96. The molecule has 0 aliphatic heterocycles. The molecule has 2 aromatic carbocycles. The summed E-state index contributed by atoms with van der Waals surface area (Å²) in [4.78, 5) is 4.73. The van der Waals surface area contributed by atoms with Gasteiger partial charge >= 0.3 is 0 Å². The van der Waals surface area contributed by atoms with Gasteiger partial charge in [-0.3, -0.25) is 4.98 Å². The van der Waals surface area contributed by atoms with Gasteiger partial charge in [0.25, 0.3) is 0 Å². The van der Waals surface area contributed by atoms with Crippen molar-refractivity contribution in [2.45, 2.75) is 44.6 Å². The van der Waals surface area contributed by atoms with Crippen LogP contribution < -0.4 is 4.74 Å². The second kappa shape index (κ2) is 7.04. The molecular weight excluding hydrogens is 294 g/mol. The Kier molecular flexibility index (Phi) is 4.46. The topological polar surface area (TPSA) is 22.1 Å². The molecule has 0 N–H and O–H groups in total. The Morgan fingerprint density at radius 3 is 2.50 bits per heavy atom. The van der Waals surface area contributed by atoms with Gasteiger partial charge in [0.2, 0.25) is 0 Å². The summed E-state index contributed by atoms with van der Waals surface area (Å²) < 4.78 is 6.12. The normalized spacial score (nSPS) is 15.5. The molecule has 0 bridgehead atoms. The minimum Gasteiger partial charge on any atom is -0.488 e. The lowest BCUT2D eigenvalue weighted by Gasteiger charge is -2.22. The molecule has 1 aliphatic rings. The average Bonchev–Trinajstić information content (AvgIpc) is 2.67. The fourth-order valence-corrected chi connectivity index (χ4v) is 3.76. The van der Waals surface area contributed by atoms with E-state index in [2.05, 4.69) is 36.4 Å². The van der Waals surface area contributed by atoms with Crippen molar-refractivity contribution in [3.05, 3.63) is 72.1 Å². The SMILES string of the molecule is c1ccc(COc2cccc3c(C4CCCCC4)nccc23)cc1. The van der Waals surface area contributed by atoms with Crippen molar-refractivity contribution in [2.24, 2.45) is 0 Å². The van der Waals surface area contributed by atoms with Gasteiger partial charge in [0.05, 0.1) is 5.69 Å². The van der Waals surface area contributed by atoms with Crippen LogP contribution in [0.15, 0.2) is 60.8 Å². The second-order valence-corrected chi connectivity index (χ2v) is 6.66. The van der Waals surface area contributed by atoms with Gasteiger partial charge in [-0.2, -0.15) is 0 Å². The molecule has 0 saturated heterocycles. The van der Waals surface area contributed by atoms with Gasteiger partial charge in [0.1, 0.15) is 12.4 Å². The molecule has 4 rings (SSSR count). The number of hydrogen-bond acceptors (Lipinski definition) is 2. The predicted molar refractivity (Wildman–Crippen MR) is 98.3 cm³/mol. The molecule has 2 heteroatoms. The van der Waals surface area contributed by atoms with Gasteiger partial charge in [0, 0.05) is 22.9 Å². The lowest BCUT2D eigenvalue weighted by atomic mass is 9.85. The van der Waals surface area contributed by atoms with Crippen LogP contribution in [0.2, 0.25) is 0 Å². The first kappa shape index (κ1) is 15.2. The lowest BCUT2D eigenvalue weighted by molar-refractivity contribution is 0.310. The fraction of sp³-hybridized carbons (Fsp3) is 0.318. The molecule has 1 aromatic heterocycles. The molecule has 1 saturated carbocycles. The number of benzene rings is 2. The van der Waals surface area contributed by atoms with Gasteiger partial charge < -0.3 is 4.74 Å². The molecule has 1 heterocycles. The molecule has 0 spiro atoms. The summed E-state index contributed by atoms with van der Waals surface area (Å²) in [5.41, 5.74) is 2.45. The second-order valence-electron chi connectivity index (χ2n) is 6.66. The van der Waals surface area contributed by atoms with Crippen molar-refractivity contribution in [3.63, 3.8) is 0 Å². The Morgan fingerprint density at radius 2 is 1.67 bits per heavy atom. The number of ether oxygens (including phenoxy) is 1. The zero-order valence-corrected chi connectivity index (χ0v) is 13.9. The van der Waals surface area contributed by atoms with Crippen molar-refractivity contribution < 1.29 is 4.74 Å². The molecular formula is C22H23NO. The minimum atomic E-state index is 0.598. The van der Waals surface area contributed by atoms with Crippen LogP contribution in [0.3, 0.4) is 0 Å². The molecule has 0 radical (unpaired) electrons. The van der Waals surface area contributed by atoms with Crippen molar-refractivity contribution in [2.75, 3.05) is 0 Å². The zero-order chi connectivity index (χ0) is 16.2. The Hall–Kier alpha value is -2.35. The molecule has 0 amide bonds. The molecule has 0 unspecified atom stereocenters. The van der Waals surface area contributed by atoms with Crippen LogP contribution >= 0.6 is 0 Å². The van der Waals surface area contributed by atoms with Crippen LogP contribution in [0.4, 0.5) is 0 Å². The highest BCUT2D eigenvalue weighted by Gasteiger charge is 2.19. The van der Waals surface area contributed by atoms with Crippen LogP contribution in [0, 0.1) is 0 Å². The summed E-state index contributed by atoms with van der Waals surface area (Å²) >= 11 is 0. The lowest BCUT2D eigenvalue weighted by Crippen LogP contribution is -2.07. The standard InChI is InChI=1S/C22H23NO/c1-3-8-17(9-4-1)16-24-21-13-7-12-20-19(21)14-15-23-22(20)18-10-5-2-6-11-18/h1,3-4,7-9,12-15,18H,2,5-6,10-11,16H2. The van der Waals surface area contributed by atoms with E-state index in [0.717, 1.165) is 5.75 Å². The summed E-state index contributed by atoms with van der Waals surface area (Å²) in [5.74, 6) is 1.56. The van der Waals surface area contributed by atoms with E-state index in [-0.39, 0.29) is 0 Å². The fourth-order valence-electron chi connectivity index (χ4n) is 3.76. The van der Waals surface area contributed by atoms with E-state index < -0.39 is 0 Å². The van der Waals surface area contributed by atoms with Crippen LogP contribution in [-0.4, -0.2) is 4.98 Å². The Morgan fingerprint density at radius 1 is 0.833 bits per heavy atom. The third kappa shape index (κ3) is 3.14. The smallest absolute Gasteiger partial charge is 0.127 e. The van der Waals surface area contributed by atoms with E-state index in [9.17, 15) is 0 Å². The van der Waals surface area contributed by atoms with Gasteiger partial charge in [-0.25, -0.2) is 0 Å². The maximum Gasteiger partial charge on any atom is 0.127 e.